The van der Waals surface area contributed by atoms with Gasteiger partial charge in [0.05, 0.1) is 18.8 Å². The first-order valence-corrected chi connectivity index (χ1v) is 9.72. The molecule has 0 fully saturated rings. The molecule has 0 spiro atoms. The molecule has 10 nitrogen and oxygen atoms in total. The third-order valence-corrected chi connectivity index (χ3v) is 4.42. The lowest BCUT2D eigenvalue weighted by Crippen LogP contribution is -2.27. The van der Waals surface area contributed by atoms with E-state index in [9.17, 15) is 20.0 Å². The van der Waals surface area contributed by atoms with Gasteiger partial charge in [0.25, 0.3) is 5.91 Å². The number of aromatic amines is 1. The van der Waals surface area contributed by atoms with E-state index in [4.69, 9.17) is 13.9 Å². The highest BCUT2D eigenvalue weighted by Gasteiger charge is 2.19. The molecule has 0 aliphatic heterocycles. The number of pyridine rings is 1. The maximum atomic E-state index is 12.1. The van der Waals surface area contributed by atoms with Gasteiger partial charge in [-0.2, -0.15) is 15.3 Å². The standard InChI is InChI=1S/C23H20N4O6/c1-14-9-17(12-31-2)19(10-24)22(26-14)32-13-21(28)27-25-11-18-7-8-20(33-18)15-3-5-16(6-4-15)23(29)30/h3-9,11H,12-13H2,1-2H3,(H,27,28)(H,29,30)/b25-11+. The molecule has 2 aromatic heterocycles. The summed E-state index contributed by atoms with van der Waals surface area (Å²) in [5, 5.41) is 24.1. The van der Waals surface area contributed by atoms with Gasteiger partial charge >= 0.3 is 5.88 Å². The second-order valence-corrected chi connectivity index (χ2v) is 6.88. The number of nitriles is 1. The van der Waals surface area contributed by atoms with Crippen LogP contribution in [0.1, 0.15) is 32.9 Å². The topological polar surface area (TPSA) is 151 Å². The van der Waals surface area contributed by atoms with Crippen LogP contribution < -0.4 is 20.3 Å². The average Bonchev–Trinajstić information content (AvgIpc) is 3.26. The third kappa shape index (κ3) is 6.03. The summed E-state index contributed by atoms with van der Waals surface area (Å²) in [5.74, 6) is -0.750. The van der Waals surface area contributed by atoms with Crippen LogP contribution in [0.25, 0.3) is 11.3 Å². The Morgan fingerprint density at radius 1 is 1.27 bits per heavy atom. The molecule has 168 valence electrons. The summed E-state index contributed by atoms with van der Waals surface area (Å²) in [5.41, 5.74) is 4.71. The Kier molecular flexibility index (Phi) is 7.51. The van der Waals surface area contributed by atoms with Crippen LogP contribution in [0.3, 0.4) is 0 Å². The fourth-order valence-electron chi connectivity index (χ4n) is 2.94. The number of hydrogen-bond acceptors (Lipinski definition) is 8. The Morgan fingerprint density at radius 2 is 2.03 bits per heavy atom. The van der Waals surface area contributed by atoms with Crippen LogP contribution in [0.5, 0.6) is 5.88 Å². The van der Waals surface area contributed by atoms with Crippen molar-refractivity contribution in [3.63, 3.8) is 0 Å². The quantitative estimate of drug-likeness (QED) is 0.378. The van der Waals surface area contributed by atoms with Gasteiger partial charge in [0.1, 0.15) is 17.6 Å². The number of carboxylic acid groups (broad SMARTS) is 1. The normalized spacial score (nSPS) is 10.7. The average molecular weight is 448 g/mol. The number of benzene rings is 1. The number of furan rings is 1. The number of ether oxygens (including phenoxy) is 2. The molecule has 3 aromatic rings. The van der Waals surface area contributed by atoms with Crippen LogP contribution in [0.15, 0.2) is 52.0 Å². The number of amides is 1. The number of nitrogens with zero attached hydrogens (tertiary/aromatic N) is 2. The number of methoxy groups -OCH3 is 1. The zero-order valence-electron chi connectivity index (χ0n) is 17.9. The fraction of sp³-hybridized carbons (Fsp3) is 0.174. The maximum absolute atomic E-state index is 12.1. The van der Waals surface area contributed by atoms with Gasteiger partial charge in [0.15, 0.2) is 17.9 Å². The molecular formula is C23H20N4O6. The summed E-state index contributed by atoms with van der Waals surface area (Å²) in [6.45, 7) is 1.66. The highest BCUT2D eigenvalue weighted by molar-refractivity contribution is 5.86. The number of carboxylic acids is 1. The lowest BCUT2D eigenvalue weighted by molar-refractivity contribution is -0.403. The molecule has 2 N–H and O–H groups in total. The first-order valence-electron chi connectivity index (χ1n) is 9.72. The monoisotopic (exact) mass is 448 g/mol. The Morgan fingerprint density at radius 3 is 2.70 bits per heavy atom. The number of carbonyl (C=O) groups is 2. The van der Waals surface area contributed by atoms with E-state index in [2.05, 4.69) is 15.5 Å². The van der Waals surface area contributed by atoms with Crippen molar-refractivity contribution in [3.8, 4) is 23.3 Å². The van der Waals surface area contributed by atoms with Crippen molar-refractivity contribution < 1.29 is 33.6 Å². The van der Waals surface area contributed by atoms with Gasteiger partial charge in [-0.3, -0.25) is 4.79 Å². The maximum Gasteiger partial charge on any atom is 0.385 e. The van der Waals surface area contributed by atoms with Crippen LogP contribution >= 0.6 is 0 Å². The smallest absolute Gasteiger partial charge is 0.385 e. The molecule has 33 heavy (non-hydrogen) atoms. The predicted molar refractivity (Wildman–Crippen MR) is 113 cm³/mol. The lowest BCUT2D eigenvalue weighted by atomic mass is 10.1. The molecule has 0 aliphatic carbocycles. The van der Waals surface area contributed by atoms with E-state index in [1.165, 1.54) is 25.5 Å². The molecule has 1 aromatic carbocycles. The van der Waals surface area contributed by atoms with Crippen molar-refractivity contribution in [2.24, 2.45) is 5.10 Å². The number of aromatic carboxylic acids is 1. The van der Waals surface area contributed by atoms with Crippen LogP contribution in [0, 0.1) is 18.3 Å². The predicted octanol–water partition coefficient (Wildman–Crippen LogP) is 0.980. The second kappa shape index (κ2) is 10.7. The zero-order chi connectivity index (χ0) is 23.8. The highest BCUT2D eigenvalue weighted by Crippen LogP contribution is 2.22. The summed E-state index contributed by atoms with van der Waals surface area (Å²) in [4.78, 5) is 25.8. The molecule has 3 rings (SSSR count). The summed E-state index contributed by atoms with van der Waals surface area (Å²) in [6.07, 6.45) is 1.31. The number of hydrogen-bond donors (Lipinski definition) is 1. The molecular weight excluding hydrogens is 428 g/mol. The van der Waals surface area contributed by atoms with Gasteiger partial charge in [-0.25, -0.2) is 5.43 Å². The molecule has 1 amide bonds. The summed E-state index contributed by atoms with van der Waals surface area (Å²) in [6, 6.07) is 13.2. The zero-order valence-corrected chi connectivity index (χ0v) is 17.9. The van der Waals surface area contributed by atoms with Crippen molar-refractivity contribution in [3.05, 3.63) is 70.6 Å². The number of nitrogens with one attached hydrogen (secondary N) is 2. The minimum atomic E-state index is -1.26. The largest absolute Gasteiger partial charge is 0.545 e. The van der Waals surface area contributed by atoms with Crippen molar-refractivity contribution in [2.45, 2.75) is 13.5 Å². The minimum Gasteiger partial charge on any atom is -0.545 e. The van der Waals surface area contributed by atoms with Crippen LogP contribution in [0.2, 0.25) is 0 Å². The van der Waals surface area contributed by atoms with E-state index in [1.54, 1.807) is 37.3 Å². The summed E-state index contributed by atoms with van der Waals surface area (Å²) < 4.78 is 16.2. The van der Waals surface area contributed by atoms with Gasteiger partial charge in [0, 0.05) is 31.2 Å². The van der Waals surface area contributed by atoms with E-state index in [1.807, 2.05) is 6.07 Å². The highest BCUT2D eigenvalue weighted by atomic mass is 16.5. The molecule has 0 unspecified atom stereocenters. The van der Waals surface area contributed by atoms with E-state index in [0.717, 1.165) is 5.69 Å². The first-order chi connectivity index (χ1) is 15.9. The van der Waals surface area contributed by atoms with Crippen molar-refractivity contribution in [1.29, 1.82) is 5.26 Å². The van der Waals surface area contributed by atoms with Gasteiger partial charge in [-0.1, -0.05) is 24.3 Å². The number of carbonyl (C=O) groups excluding carboxylic acids is 2. The Labute approximate surface area is 189 Å². The van der Waals surface area contributed by atoms with Crippen LogP contribution in [0.4, 0.5) is 0 Å². The van der Waals surface area contributed by atoms with Crippen LogP contribution in [-0.4, -0.2) is 31.8 Å². The Bertz CT molecular complexity index is 1220. The molecule has 0 aliphatic rings. The molecule has 10 heteroatoms. The number of hydrazone groups is 1. The molecule has 0 saturated heterocycles. The van der Waals surface area contributed by atoms with Gasteiger partial charge in [-0.05, 0) is 17.7 Å². The number of rotatable bonds is 9. The number of H-pyrrole nitrogens is 1. The summed E-state index contributed by atoms with van der Waals surface area (Å²) >= 11 is 0. The molecule has 0 saturated carbocycles. The molecule has 0 radical (unpaired) electrons. The van der Waals surface area contributed by atoms with Gasteiger partial charge in [0.2, 0.25) is 0 Å². The third-order valence-electron chi connectivity index (χ3n) is 4.42. The van der Waals surface area contributed by atoms with Crippen molar-refractivity contribution in [1.82, 2.24) is 5.43 Å². The molecule has 0 bridgehead atoms. The molecule has 2 heterocycles. The number of aromatic nitrogens is 1. The van der Waals surface area contributed by atoms with Crippen LogP contribution in [-0.2, 0) is 16.1 Å². The second-order valence-electron chi connectivity index (χ2n) is 6.88. The van der Waals surface area contributed by atoms with E-state index in [0.29, 0.717) is 22.6 Å². The Balaban J connectivity index is 1.57. The SMILES string of the molecule is COCc1cc(C)[nH+]c(OCC(=O)N/N=C/c2ccc(-c3ccc(C(=O)[O-])cc3)o2)c1C#N. The minimum absolute atomic E-state index is 0.0668. The molecule has 0 atom stereocenters. The first kappa shape index (κ1) is 23.2. The fourth-order valence-corrected chi connectivity index (χ4v) is 2.94. The van der Waals surface area contributed by atoms with Gasteiger partial charge < -0.3 is 23.8 Å². The van der Waals surface area contributed by atoms with E-state index >= 15 is 0 Å². The lowest BCUT2D eigenvalue weighted by Gasteiger charge is -2.06. The number of aryl methyl sites for hydroxylation is 1. The summed E-state index contributed by atoms with van der Waals surface area (Å²) in [7, 11) is 1.52. The van der Waals surface area contributed by atoms with Crippen molar-refractivity contribution in [2.75, 3.05) is 13.7 Å². The van der Waals surface area contributed by atoms with Gasteiger partial charge in [-0.15, -0.1) is 0 Å². The van der Waals surface area contributed by atoms with E-state index < -0.39 is 11.9 Å². The Hall–Kier alpha value is -4.49. The van der Waals surface area contributed by atoms with Crippen molar-refractivity contribution >= 4 is 18.1 Å². The van der Waals surface area contributed by atoms with E-state index in [-0.39, 0.29) is 30.2 Å².